The second kappa shape index (κ2) is 7.37. The Hall–Kier alpha value is -3.09. The van der Waals surface area contributed by atoms with Gasteiger partial charge in [-0.25, -0.2) is 15.6 Å². The van der Waals surface area contributed by atoms with Gasteiger partial charge in [-0.3, -0.25) is 9.97 Å². The maximum Gasteiger partial charge on any atom is 0.355 e. The quantitative estimate of drug-likeness (QED) is 0.643. The molecule has 2 amide bonds. The summed E-state index contributed by atoms with van der Waals surface area (Å²) in [6.45, 7) is 0. The van der Waals surface area contributed by atoms with Crippen LogP contribution in [0.25, 0.3) is 0 Å². The number of urea groups is 1. The van der Waals surface area contributed by atoms with Crippen LogP contribution in [-0.2, 0) is 0 Å². The smallest absolute Gasteiger partial charge is 0.264 e. The highest BCUT2D eigenvalue weighted by Gasteiger charge is 1.94. The third-order valence-electron chi connectivity index (χ3n) is 2.13. The first-order valence-corrected chi connectivity index (χ1v) is 5.77. The van der Waals surface area contributed by atoms with Crippen LogP contribution < -0.4 is 10.9 Å². The monoisotopic (exact) mass is 268 g/mol. The summed E-state index contributed by atoms with van der Waals surface area (Å²) in [6, 6.07) is 6.65. The molecule has 2 aromatic rings. The minimum atomic E-state index is -0.537. The molecule has 0 saturated heterocycles. The second-order valence-electron chi connectivity index (χ2n) is 3.64. The van der Waals surface area contributed by atoms with Gasteiger partial charge in [-0.15, -0.1) is 0 Å². The zero-order chi connectivity index (χ0) is 14.0. The number of pyridine rings is 2. The molecule has 0 aromatic carbocycles. The van der Waals surface area contributed by atoms with Gasteiger partial charge in [0.25, 0.3) is 0 Å². The molecule has 100 valence electrons. The Bertz CT molecular complexity index is 543. The number of hydrogen-bond acceptors (Lipinski definition) is 5. The van der Waals surface area contributed by atoms with Crippen LogP contribution in [-0.4, -0.2) is 28.4 Å². The molecule has 2 rings (SSSR count). The van der Waals surface area contributed by atoms with Crippen LogP contribution >= 0.6 is 0 Å². The topological polar surface area (TPSA) is 91.6 Å². The summed E-state index contributed by atoms with van der Waals surface area (Å²) in [4.78, 5) is 19.2. The molecule has 0 fully saturated rings. The number of carbonyl (C=O) groups is 1. The first-order chi connectivity index (χ1) is 9.84. The lowest BCUT2D eigenvalue weighted by Crippen LogP contribution is -2.28. The second-order valence-corrected chi connectivity index (χ2v) is 3.64. The van der Waals surface area contributed by atoms with Crippen LogP contribution in [0.3, 0.4) is 0 Å². The van der Waals surface area contributed by atoms with Gasteiger partial charge in [-0.2, -0.15) is 10.2 Å². The normalized spacial score (nSPS) is 10.8. The van der Waals surface area contributed by atoms with Crippen molar-refractivity contribution in [1.29, 1.82) is 0 Å². The third kappa shape index (κ3) is 4.65. The minimum Gasteiger partial charge on any atom is -0.264 e. The molecule has 20 heavy (non-hydrogen) atoms. The van der Waals surface area contributed by atoms with Crippen molar-refractivity contribution in [1.82, 2.24) is 20.8 Å². The van der Waals surface area contributed by atoms with Crippen LogP contribution in [0.5, 0.6) is 0 Å². The number of hydrogen-bond donors (Lipinski definition) is 2. The van der Waals surface area contributed by atoms with Crippen molar-refractivity contribution in [2.45, 2.75) is 0 Å². The molecule has 7 nitrogen and oxygen atoms in total. The summed E-state index contributed by atoms with van der Waals surface area (Å²) in [5.74, 6) is 0. The Morgan fingerprint density at radius 3 is 1.85 bits per heavy atom. The Balaban J connectivity index is 1.76. The Morgan fingerprint density at radius 1 is 0.950 bits per heavy atom. The number of nitrogens with zero attached hydrogens (tertiary/aromatic N) is 4. The van der Waals surface area contributed by atoms with Crippen LogP contribution in [0.1, 0.15) is 11.1 Å². The van der Waals surface area contributed by atoms with E-state index in [0.717, 1.165) is 11.1 Å². The van der Waals surface area contributed by atoms with Gasteiger partial charge in [-0.1, -0.05) is 12.1 Å². The summed E-state index contributed by atoms with van der Waals surface area (Å²) in [7, 11) is 0. The van der Waals surface area contributed by atoms with Crippen LogP contribution in [0.15, 0.2) is 59.3 Å². The van der Waals surface area contributed by atoms with E-state index < -0.39 is 6.03 Å². The zero-order valence-electron chi connectivity index (χ0n) is 10.5. The number of hydrazone groups is 2. The van der Waals surface area contributed by atoms with E-state index in [0.29, 0.717) is 0 Å². The molecule has 7 heteroatoms. The largest absolute Gasteiger partial charge is 0.355 e. The first-order valence-electron chi connectivity index (χ1n) is 5.77. The standard InChI is InChI=1S/C13H12N6O/c20-13(18-16-9-11-3-1-5-14-7-11)19-17-10-12-4-2-6-15-8-12/h1-10H,(H2,18,19,20)/b16-9-,17-10-. The van der Waals surface area contributed by atoms with E-state index in [-0.39, 0.29) is 0 Å². The fourth-order valence-corrected chi connectivity index (χ4v) is 1.26. The van der Waals surface area contributed by atoms with E-state index in [1.54, 1.807) is 36.9 Å². The van der Waals surface area contributed by atoms with Crippen molar-refractivity contribution in [2.75, 3.05) is 0 Å². The molecule has 0 bridgehead atoms. The van der Waals surface area contributed by atoms with Gasteiger partial charge in [0.05, 0.1) is 12.4 Å². The lowest BCUT2D eigenvalue weighted by atomic mass is 10.3. The van der Waals surface area contributed by atoms with Gasteiger partial charge in [0.2, 0.25) is 0 Å². The van der Waals surface area contributed by atoms with Gasteiger partial charge in [0, 0.05) is 35.9 Å². The lowest BCUT2D eigenvalue weighted by molar-refractivity contribution is 0.242. The van der Waals surface area contributed by atoms with Crippen LogP contribution in [0, 0.1) is 0 Å². The van der Waals surface area contributed by atoms with Crippen molar-refractivity contribution in [3.8, 4) is 0 Å². The summed E-state index contributed by atoms with van der Waals surface area (Å²) in [5.41, 5.74) is 6.13. The predicted molar refractivity (Wildman–Crippen MR) is 75.3 cm³/mol. The zero-order valence-corrected chi connectivity index (χ0v) is 10.5. The number of rotatable bonds is 4. The molecule has 0 aliphatic rings. The van der Waals surface area contributed by atoms with E-state index in [4.69, 9.17) is 0 Å². The molecule has 0 atom stereocenters. The van der Waals surface area contributed by atoms with E-state index in [1.165, 1.54) is 12.4 Å². The molecule has 0 unspecified atom stereocenters. The number of aromatic nitrogens is 2. The van der Waals surface area contributed by atoms with Crippen molar-refractivity contribution in [3.63, 3.8) is 0 Å². The SMILES string of the molecule is O=C(N/N=C\c1cccnc1)N/N=C\c1cccnc1. The van der Waals surface area contributed by atoms with Crippen LogP contribution in [0.2, 0.25) is 0 Å². The molecule has 0 saturated carbocycles. The predicted octanol–water partition coefficient (Wildman–Crippen LogP) is 1.14. The molecule has 2 N–H and O–H groups in total. The third-order valence-corrected chi connectivity index (χ3v) is 2.13. The summed E-state index contributed by atoms with van der Waals surface area (Å²) in [5, 5.41) is 7.51. The summed E-state index contributed by atoms with van der Waals surface area (Å²) < 4.78 is 0. The van der Waals surface area contributed by atoms with Gasteiger partial charge >= 0.3 is 6.03 Å². The van der Waals surface area contributed by atoms with Crippen molar-refractivity contribution >= 4 is 18.5 Å². The summed E-state index contributed by atoms with van der Waals surface area (Å²) >= 11 is 0. The highest BCUT2D eigenvalue weighted by Crippen LogP contribution is 1.90. The average Bonchev–Trinajstić information content (AvgIpc) is 2.49. The van der Waals surface area contributed by atoms with Crippen LogP contribution in [0.4, 0.5) is 4.79 Å². The fourth-order valence-electron chi connectivity index (χ4n) is 1.26. The van der Waals surface area contributed by atoms with E-state index in [2.05, 4.69) is 31.0 Å². The Labute approximate surface area is 115 Å². The lowest BCUT2D eigenvalue weighted by Gasteiger charge is -1.97. The van der Waals surface area contributed by atoms with E-state index in [1.807, 2.05) is 12.1 Å². The molecule has 0 aliphatic carbocycles. The van der Waals surface area contributed by atoms with Gasteiger partial charge in [0.15, 0.2) is 0 Å². The fraction of sp³-hybridized carbons (Fsp3) is 0. The molecule has 0 aliphatic heterocycles. The number of amides is 2. The van der Waals surface area contributed by atoms with Crippen molar-refractivity contribution < 1.29 is 4.79 Å². The van der Waals surface area contributed by atoms with Gasteiger partial charge < -0.3 is 0 Å². The Morgan fingerprint density at radius 2 is 1.45 bits per heavy atom. The molecular weight excluding hydrogens is 256 g/mol. The molecule has 2 aromatic heterocycles. The highest BCUT2D eigenvalue weighted by molar-refractivity contribution is 5.83. The molecule has 0 radical (unpaired) electrons. The number of nitrogens with one attached hydrogen (secondary N) is 2. The molecular formula is C13H12N6O. The highest BCUT2D eigenvalue weighted by atomic mass is 16.2. The van der Waals surface area contributed by atoms with E-state index in [9.17, 15) is 4.79 Å². The van der Waals surface area contributed by atoms with Gasteiger partial charge in [0.1, 0.15) is 0 Å². The first kappa shape index (κ1) is 13.3. The van der Waals surface area contributed by atoms with E-state index >= 15 is 0 Å². The molecule has 2 heterocycles. The number of carbonyl (C=O) groups excluding carboxylic acids is 1. The molecule has 0 spiro atoms. The maximum atomic E-state index is 11.3. The Kier molecular flexibility index (Phi) is 4.92. The van der Waals surface area contributed by atoms with Gasteiger partial charge in [-0.05, 0) is 12.1 Å². The average molecular weight is 268 g/mol. The minimum absolute atomic E-state index is 0.537. The summed E-state index contributed by atoms with van der Waals surface area (Å²) in [6.07, 6.45) is 9.54. The van der Waals surface area contributed by atoms with Crippen molar-refractivity contribution in [2.24, 2.45) is 10.2 Å². The van der Waals surface area contributed by atoms with Crippen molar-refractivity contribution in [3.05, 3.63) is 60.2 Å². The maximum absolute atomic E-state index is 11.3.